The molecule has 0 saturated carbocycles. The van der Waals surface area contributed by atoms with Crippen molar-refractivity contribution >= 4 is 21.8 Å². The van der Waals surface area contributed by atoms with Crippen LogP contribution in [0.15, 0.2) is 18.2 Å². The zero-order valence-corrected chi connectivity index (χ0v) is 12.1. The third-order valence-electron chi connectivity index (χ3n) is 4.00. The van der Waals surface area contributed by atoms with Crippen molar-refractivity contribution in [2.45, 2.75) is 36.9 Å². The van der Waals surface area contributed by atoms with Gasteiger partial charge in [0.2, 0.25) is 0 Å². The molecule has 3 heteroatoms. The number of carbonyl (C=O) groups is 1. The van der Waals surface area contributed by atoms with E-state index in [0.29, 0.717) is 4.83 Å². The highest BCUT2D eigenvalue weighted by Crippen LogP contribution is 2.24. The number of piperidine rings is 1. The molecule has 1 aromatic rings. The predicted molar refractivity (Wildman–Crippen MR) is 76.3 cm³/mol. The first kappa shape index (κ1) is 12.2. The zero-order chi connectivity index (χ0) is 12.5. The van der Waals surface area contributed by atoms with Gasteiger partial charge in [0.05, 0.1) is 0 Å². The van der Waals surface area contributed by atoms with Crippen LogP contribution in [-0.4, -0.2) is 28.7 Å². The first-order valence-electron chi connectivity index (χ1n) is 6.79. The maximum Gasteiger partial charge on any atom is 0.253 e. The van der Waals surface area contributed by atoms with Crippen molar-refractivity contribution in [2.75, 3.05) is 13.1 Å². The number of carbonyl (C=O) groups excluding carboxylic acids is 1. The minimum atomic E-state index is 0.203. The Hall–Kier alpha value is -0.830. The van der Waals surface area contributed by atoms with E-state index in [9.17, 15) is 4.79 Å². The SMILES string of the molecule is O=C(c1ccc2c(c1)CCC2)N1CCCC(Br)C1. The molecule has 0 aromatic heterocycles. The molecule has 0 spiro atoms. The van der Waals surface area contributed by atoms with E-state index in [0.717, 1.165) is 31.5 Å². The fraction of sp³-hybridized carbons (Fsp3) is 0.533. The van der Waals surface area contributed by atoms with Gasteiger partial charge >= 0.3 is 0 Å². The number of amides is 1. The van der Waals surface area contributed by atoms with Gasteiger partial charge in [-0.3, -0.25) is 4.79 Å². The van der Waals surface area contributed by atoms with Crippen LogP contribution in [0.1, 0.15) is 40.7 Å². The Morgan fingerprint density at radius 1 is 1.22 bits per heavy atom. The number of halogens is 1. The summed E-state index contributed by atoms with van der Waals surface area (Å²) in [5.41, 5.74) is 3.69. The summed E-state index contributed by atoms with van der Waals surface area (Å²) in [6.07, 6.45) is 5.83. The molecule has 2 aliphatic rings. The van der Waals surface area contributed by atoms with Crippen LogP contribution in [0.25, 0.3) is 0 Å². The van der Waals surface area contributed by atoms with Crippen molar-refractivity contribution in [3.05, 3.63) is 34.9 Å². The Labute approximate surface area is 116 Å². The van der Waals surface area contributed by atoms with E-state index in [1.165, 1.54) is 30.4 Å². The van der Waals surface area contributed by atoms with E-state index < -0.39 is 0 Å². The largest absolute Gasteiger partial charge is 0.338 e. The first-order valence-corrected chi connectivity index (χ1v) is 7.71. The molecular weight excluding hydrogens is 290 g/mol. The number of alkyl halides is 1. The van der Waals surface area contributed by atoms with Gasteiger partial charge in [-0.1, -0.05) is 22.0 Å². The van der Waals surface area contributed by atoms with Crippen LogP contribution in [0.3, 0.4) is 0 Å². The van der Waals surface area contributed by atoms with Gasteiger partial charge in [0, 0.05) is 23.5 Å². The number of rotatable bonds is 1. The number of likely N-dealkylation sites (tertiary alicyclic amines) is 1. The molecule has 1 heterocycles. The summed E-state index contributed by atoms with van der Waals surface area (Å²) in [6.45, 7) is 1.74. The van der Waals surface area contributed by atoms with Gasteiger partial charge in [-0.2, -0.15) is 0 Å². The van der Waals surface area contributed by atoms with E-state index in [-0.39, 0.29) is 5.91 Å². The molecule has 1 amide bonds. The maximum atomic E-state index is 12.5. The van der Waals surface area contributed by atoms with E-state index >= 15 is 0 Å². The molecule has 1 saturated heterocycles. The Bertz CT molecular complexity index is 472. The summed E-state index contributed by atoms with van der Waals surface area (Å²) in [5, 5.41) is 0. The number of aryl methyl sites for hydroxylation is 2. The van der Waals surface area contributed by atoms with E-state index in [1.54, 1.807) is 0 Å². The number of nitrogens with zero attached hydrogens (tertiary/aromatic N) is 1. The lowest BCUT2D eigenvalue weighted by Gasteiger charge is -2.30. The average Bonchev–Trinajstić information content (AvgIpc) is 2.85. The summed E-state index contributed by atoms with van der Waals surface area (Å²) in [5.74, 6) is 0.203. The zero-order valence-electron chi connectivity index (χ0n) is 10.5. The number of fused-ring (bicyclic) bond motifs is 1. The van der Waals surface area contributed by atoms with Crippen LogP contribution < -0.4 is 0 Å². The molecule has 1 aliphatic heterocycles. The van der Waals surface area contributed by atoms with Crippen molar-refractivity contribution in [2.24, 2.45) is 0 Å². The van der Waals surface area contributed by atoms with Crippen molar-refractivity contribution in [3.63, 3.8) is 0 Å². The first-order chi connectivity index (χ1) is 8.74. The Morgan fingerprint density at radius 3 is 2.89 bits per heavy atom. The number of hydrogen-bond acceptors (Lipinski definition) is 1. The standard InChI is InChI=1S/C15H18BrNO/c16-14-5-2-8-17(10-14)15(18)13-7-6-11-3-1-4-12(11)9-13/h6-7,9,14H,1-5,8,10H2. The summed E-state index contributed by atoms with van der Waals surface area (Å²) in [6, 6.07) is 6.26. The normalized spacial score (nSPS) is 22.9. The Kier molecular flexibility index (Phi) is 3.42. The van der Waals surface area contributed by atoms with Crippen molar-refractivity contribution in [1.82, 2.24) is 4.90 Å². The van der Waals surface area contributed by atoms with Gasteiger partial charge in [0.1, 0.15) is 0 Å². The summed E-state index contributed by atoms with van der Waals surface area (Å²) < 4.78 is 0. The summed E-state index contributed by atoms with van der Waals surface area (Å²) in [7, 11) is 0. The van der Waals surface area contributed by atoms with Gasteiger partial charge in [0.15, 0.2) is 0 Å². The monoisotopic (exact) mass is 307 g/mol. The average molecular weight is 308 g/mol. The number of benzene rings is 1. The molecule has 1 unspecified atom stereocenters. The van der Waals surface area contributed by atoms with Crippen LogP contribution >= 0.6 is 15.9 Å². The lowest BCUT2D eigenvalue weighted by molar-refractivity contribution is 0.0730. The summed E-state index contributed by atoms with van der Waals surface area (Å²) in [4.78, 5) is 14.9. The fourth-order valence-corrected chi connectivity index (χ4v) is 3.67. The Balaban J connectivity index is 1.79. The lowest BCUT2D eigenvalue weighted by atomic mass is 10.0. The van der Waals surface area contributed by atoms with Gasteiger partial charge in [-0.05, 0) is 55.4 Å². The fourth-order valence-electron chi connectivity index (χ4n) is 3.00. The third-order valence-corrected chi connectivity index (χ3v) is 4.74. The molecule has 1 fully saturated rings. The molecule has 3 rings (SSSR count). The second kappa shape index (κ2) is 5.04. The van der Waals surface area contributed by atoms with Gasteiger partial charge in [-0.25, -0.2) is 0 Å². The predicted octanol–water partition coefficient (Wildman–Crippen LogP) is 3.17. The van der Waals surface area contributed by atoms with Crippen LogP contribution in [0.2, 0.25) is 0 Å². The van der Waals surface area contributed by atoms with Crippen LogP contribution in [0.4, 0.5) is 0 Å². The molecule has 1 aliphatic carbocycles. The van der Waals surface area contributed by atoms with E-state index in [2.05, 4.69) is 28.1 Å². The van der Waals surface area contributed by atoms with Gasteiger partial charge in [-0.15, -0.1) is 0 Å². The molecule has 1 atom stereocenters. The maximum absolute atomic E-state index is 12.5. The molecule has 0 bridgehead atoms. The second-order valence-corrected chi connectivity index (χ2v) is 6.62. The molecule has 2 nitrogen and oxygen atoms in total. The Morgan fingerprint density at radius 2 is 2.06 bits per heavy atom. The molecule has 1 aromatic carbocycles. The summed E-state index contributed by atoms with van der Waals surface area (Å²) >= 11 is 3.63. The molecule has 96 valence electrons. The van der Waals surface area contributed by atoms with E-state index in [1.807, 2.05) is 11.0 Å². The van der Waals surface area contributed by atoms with Gasteiger partial charge < -0.3 is 4.90 Å². The number of hydrogen-bond donors (Lipinski definition) is 0. The quantitative estimate of drug-likeness (QED) is 0.730. The highest BCUT2D eigenvalue weighted by Gasteiger charge is 2.23. The van der Waals surface area contributed by atoms with Crippen LogP contribution in [-0.2, 0) is 12.8 Å². The molecule has 0 N–H and O–H groups in total. The topological polar surface area (TPSA) is 20.3 Å². The lowest BCUT2D eigenvalue weighted by Crippen LogP contribution is -2.40. The van der Waals surface area contributed by atoms with Crippen LogP contribution in [0.5, 0.6) is 0 Å². The minimum Gasteiger partial charge on any atom is -0.338 e. The second-order valence-electron chi connectivity index (χ2n) is 5.33. The van der Waals surface area contributed by atoms with Gasteiger partial charge in [0.25, 0.3) is 5.91 Å². The minimum absolute atomic E-state index is 0.203. The molecular formula is C15H18BrNO. The van der Waals surface area contributed by atoms with Crippen molar-refractivity contribution in [1.29, 1.82) is 0 Å². The smallest absolute Gasteiger partial charge is 0.253 e. The highest BCUT2D eigenvalue weighted by molar-refractivity contribution is 9.09. The molecule has 18 heavy (non-hydrogen) atoms. The van der Waals surface area contributed by atoms with E-state index in [4.69, 9.17) is 0 Å². The third kappa shape index (κ3) is 2.33. The highest BCUT2D eigenvalue weighted by atomic mass is 79.9. The molecule has 0 radical (unpaired) electrons. The van der Waals surface area contributed by atoms with Crippen molar-refractivity contribution < 1.29 is 4.79 Å². The van der Waals surface area contributed by atoms with Crippen molar-refractivity contribution in [3.8, 4) is 0 Å². The van der Waals surface area contributed by atoms with Crippen LogP contribution in [0, 0.1) is 0 Å².